The normalized spacial score (nSPS) is 11.1. The highest BCUT2D eigenvalue weighted by Crippen LogP contribution is 2.40. The molecule has 0 spiro atoms. The lowest BCUT2D eigenvalue weighted by Gasteiger charge is -2.15. The first-order valence-electron chi connectivity index (χ1n) is 8.26. The monoisotopic (exact) mass is 438 g/mol. The maximum atomic E-state index is 13.4. The zero-order chi connectivity index (χ0) is 21.9. The van der Waals surface area contributed by atoms with Gasteiger partial charge >= 0.3 is 6.18 Å². The Bertz CT molecular complexity index is 1100. The van der Waals surface area contributed by atoms with Gasteiger partial charge in [0.05, 0.1) is 23.6 Å². The summed E-state index contributed by atoms with van der Waals surface area (Å²) in [7, 11) is 1.71. The largest absolute Gasteiger partial charge is 0.437 e. The van der Waals surface area contributed by atoms with Crippen molar-refractivity contribution in [2.45, 2.75) is 6.18 Å². The number of carbonyl (C=O) groups excluding carboxylic acids is 1. The lowest BCUT2D eigenvalue weighted by atomic mass is 10.1. The number of aryl methyl sites for hydroxylation is 1. The third-order valence-electron chi connectivity index (χ3n) is 3.62. The van der Waals surface area contributed by atoms with E-state index in [0.717, 1.165) is 24.3 Å². The highest BCUT2D eigenvalue weighted by atomic mass is 35.5. The Labute approximate surface area is 173 Å². The van der Waals surface area contributed by atoms with E-state index in [4.69, 9.17) is 16.3 Å². The Hall–Kier alpha value is -3.60. The number of alkyl halides is 3. The highest BCUT2D eigenvalue weighted by molar-refractivity contribution is 6.31. The fourth-order valence-corrected chi connectivity index (χ4v) is 2.44. The fourth-order valence-electron chi connectivity index (χ4n) is 2.31. The third-order valence-corrected chi connectivity index (χ3v) is 3.88. The van der Waals surface area contributed by atoms with Gasteiger partial charge in [0.2, 0.25) is 17.7 Å². The number of carbonyl (C=O) groups is 1. The number of amides is 1. The number of hydrogen-bond donors (Lipinski definition) is 2. The van der Waals surface area contributed by atoms with E-state index in [0.29, 0.717) is 5.69 Å². The van der Waals surface area contributed by atoms with Gasteiger partial charge < -0.3 is 15.4 Å². The van der Waals surface area contributed by atoms with E-state index in [1.165, 1.54) is 17.1 Å². The summed E-state index contributed by atoms with van der Waals surface area (Å²) in [4.78, 5) is 19.4. The molecule has 0 saturated carbocycles. The van der Waals surface area contributed by atoms with Crippen molar-refractivity contribution in [1.29, 1.82) is 0 Å². The van der Waals surface area contributed by atoms with Crippen LogP contribution < -0.4 is 15.4 Å². The summed E-state index contributed by atoms with van der Waals surface area (Å²) in [6, 6.07) is 2.88. The number of benzene rings is 1. The van der Waals surface area contributed by atoms with E-state index < -0.39 is 23.4 Å². The van der Waals surface area contributed by atoms with Crippen LogP contribution in [0.15, 0.2) is 49.4 Å². The highest BCUT2D eigenvalue weighted by Gasteiger charge is 2.35. The number of anilines is 3. The van der Waals surface area contributed by atoms with Gasteiger partial charge in [-0.1, -0.05) is 18.2 Å². The van der Waals surface area contributed by atoms with Crippen molar-refractivity contribution in [2.75, 3.05) is 10.6 Å². The molecule has 2 heterocycles. The molecular weight excluding hydrogens is 425 g/mol. The molecule has 0 aliphatic heterocycles. The Balaban J connectivity index is 1.95. The Morgan fingerprint density at radius 1 is 1.30 bits per heavy atom. The van der Waals surface area contributed by atoms with Crippen LogP contribution in [0.2, 0.25) is 5.02 Å². The van der Waals surface area contributed by atoms with Crippen LogP contribution in [0, 0.1) is 0 Å². The van der Waals surface area contributed by atoms with E-state index in [1.807, 2.05) is 0 Å². The quantitative estimate of drug-likeness (QED) is 0.549. The van der Waals surface area contributed by atoms with E-state index in [-0.39, 0.29) is 22.5 Å². The number of nitrogens with one attached hydrogen (secondary N) is 2. The third kappa shape index (κ3) is 5.06. The molecular formula is C18H14ClF3N6O2. The number of rotatable bonds is 6. The second-order valence-electron chi connectivity index (χ2n) is 5.88. The van der Waals surface area contributed by atoms with Gasteiger partial charge in [0.1, 0.15) is 10.8 Å². The molecule has 0 atom stereocenters. The van der Waals surface area contributed by atoms with Gasteiger partial charge in [0.15, 0.2) is 0 Å². The first-order valence-corrected chi connectivity index (χ1v) is 8.64. The molecule has 0 fully saturated rings. The number of halogens is 4. The van der Waals surface area contributed by atoms with Gasteiger partial charge in [-0.2, -0.15) is 23.3 Å². The van der Waals surface area contributed by atoms with Crippen LogP contribution in [0.3, 0.4) is 0 Å². The number of nitrogens with zero attached hydrogens (tertiary/aromatic N) is 4. The molecule has 0 bridgehead atoms. The van der Waals surface area contributed by atoms with Crippen LogP contribution in [0.25, 0.3) is 0 Å². The van der Waals surface area contributed by atoms with Gasteiger partial charge in [-0.05, 0) is 18.2 Å². The molecule has 0 aliphatic carbocycles. The van der Waals surface area contributed by atoms with Gasteiger partial charge in [0.25, 0.3) is 0 Å². The molecule has 1 amide bonds. The molecule has 0 aliphatic rings. The summed E-state index contributed by atoms with van der Waals surface area (Å²) in [5, 5.41) is 9.06. The van der Waals surface area contributed by atoms with Crippen LogP contribution in [0.1, 0.15) is 5.56 Å². The van der Waals surface area contributed by atoms with Crippen LogP contribution in [-0.2, 0) is 18.0 Å². The first kappa shape index (κ1) is 21.1. The van der Waals surface area contributed by atoms with Crippen molar-refractivity contribution in [3.05, 3.63) is 60.0 Å². The van der Waals surface area contributed by atoms with Crippen molar-refractivity contribution < 1.29 is 22.7 Å². The summed E-state index contributed by atoms with van der Waals surface area (Å²) in [5.41, 5.74) is -0.451. The lowest BCUT2D eigenvalue weighted by molar-refractivity contribution is -0.138. The molecule has 8 nitrogen and oxygen atoms in total. The average Bonchev–Trinajstić information content (AvgIpc) is 3.08. The summed E-state index contributed by atoms with van der Waals surface area (Å²) in [5.74, 6) is -1.47. The smallest absolute Gasteiger partial charge is 0.419 e. The van der Waals surface area contributed by atoms with Crippen molar-refractivity contribution in [3.63, 3.8) is 0 Å². The molecule has 0 radical (unpaired) electrons. The molecule has 0 saturated heterocycles. The van der Waals surface area contributed by atoms with E-state index in [1.54, 1.807) is 13.2 Å². The maximum absolute atomic E-state index is 13.4. The molecule has 1 aromatic carbocycles. The summed E-state index contributed by atoms with van der Waals surface area (Å²) < 4.78 is 47.1. The molecule has 30 heavy (non-hydrogen) atoms. The number of hydrogen-bond acceptors (Lipinski definition) is 6. The van der Waals surface area contributed by atoms with Crippen LogP contribution in [0.4, 0.5) is 30.5 Å². The topological polar surface area (TPSA) is 94.0 Å². The average molecular weight is 439 g/mol. The predicted molar refractivity (Wildman–Crippen MR) is 104 cm³/mol. The van der Waals surface area contributed by atoms with Crippen molar-refractivity contribution in [1.82, 2.24) is 19.7 Å². The summed E-state index contributed by atoms with van der Waals surface area (Å²) >= 11 is 6.01. The minimum absolute atomic E-state index is 0.0343. The molecule has 2 N–H and O–H groups in total. The SMILES string of the molecule is C=CC(=O)Nc1ccc(C(F)(F)F)c(Oc2nc(Nc3cnn(C)c3)ncc2Cl)c1. The van der Waals surface area contributed by atoms with E-state index >= 15 is 0 Å². The molecule has 3 aromatic rings. The Morgan fingerprint density at radius 2 is 2.07 bits per heavy atom. The fraction of sp³-hybridized carbons (Fsp3) is 0.111. The molecule has 0 unspecified atom stereocenters. The van der Waals surface area contributed by atoms with Crippen LogP contribution >= 0.6 is 11.6 Å². The Morgan fingerprint density at radius 3 is 2.70 bits per heavy atom. The van der Waals surface area contributed by atoms with Gasteiger partial charge in [-0.25, -0.2) is 4.98 Å². The van der Waals surface area contributed by atoms with E-state index in [9.17, 15) is 18.0 Å². The van der Waals surface area contributed by atoms with E-state index in [2.05, 4.69) is 32.3 Å². The summed E-state index contributed by atoms with van der Waals surface area (Å²) in [6.07, 6.45) is 0.597. The molecule has 3 rings (SSSR count). The van der Waals surface area contributed by atoms with Crippen molar-refractivity contribution >= 4 is 34.8 Å². The number of aromatic nitrogens is 4. The van der Waals surface area contributed by atoms with Gasteiger partial charge in [0, 0.05) is 25.0 Å². The van der Waals surface area contributed by atoms with Crippen LogP contribution in [0.5, 0.6) is 11.6 Å². The van der Waals surface area contributed by atoms with Crippen LogP contribution in [-0.4, -0.2) is 25.7 Å². The zero-order valence-electron chi connectivity index (χ0n) is 15.4. The summed E-state index contributed by atoms with van der Waals surface area (Å²) in [6.45, 7) is 3.29. The molecule has 156 valence electrons. The molecule has 12 heteroatoms. The minimum Gasteiger partial charge on any atom is -0.437 e. The van der Waals surface area contributed by atoms with Crippen molar-refractivity contribution in [3.8, 4) is 11.6 Å². The second-order valence-corrected chi connectivity index (χ2v) is 6.29. The predicted octanol–water partition coefficient (Wildman–Crippen LogP) is 4.54. The Kier molecular flexibility index (Phi) is 5.92. The first-order chi connectivity index (χ1) is 14.2. The second kappa shape index (κ2) is 8.41. The standard InChI is InChI=1S/C18H14ClF3N6O2/c1-3-15(29)25-10-4-5-12(18(20,21)22)14(6-10)30-16-13(19)8-23-17(27-16)26-11-7-24-28(2)9-11/h3-9H,1H2,2H3,(H,25,29)(H,23,26,27). The van der Waals surface area contributed by atoms with Gasteiger partial charge in [-0.3, -0.25) is 9.48 Å². The minimum atomic E-state index is -4.72. The lowest BCUT2D eigenvalue weighted by Crippen LogP contribution is -2.11. The molecule has 2 aromatic heterocycles. The van der Waals surface area contributed by atoms with Crippen molar-refractivity contribution in [2.24, 2.45) is 7.05 Å². The zero-order valence-corrected chi connectivity index (χ0v) is 16.1. The van der Waals surface area contributed by atoms with Gasteiger partial charge in [-0.15, -0.1) is 0 Å². The number of ether oxygens (including phenoxy) is 1. The maximum Gasteiger partial charge on any atom is 0.419 e.